The summed E-state index contributed by atoms with van der Waals surface area (Å²) in [6, 6.07) is 24.4. The van der Waals surface area contributed by atoms with Gasteiger partial charge in [-0.3, -0.25) is 9.36 Å². The van der Waals surface area contributed by atoms with Gasteiger partial charge in [-0.1, -0.05) is 64.9 Å². The normalized spacial score (nSPS) is 11.4. The van der Waals surface area contributed by atoms with Gasteiger partial charge in [-0.15, -0.1) is 10.2 Å². The molecule has 0 aliphatic heterocycles. The van der Waals surface area contributed by atoms with Crippen LogP contribution in [-0.2, 0) is 4.79 Å². The number of aromatic hydroxyl groups is 1. The number of aromatic nitrogens is 3. The Hall–Kier alpha value is -3.43. The van der Waals surface area contributed by atoms with Gasteiger partial charge in [-0.2, -0.15) is 5.10 Å². The van der Waals surface area contributed by atoms with Gasteiger partial charge < -0.3 is 5.11 Å². The summed E-state index contributed by atoms with van der Waals surface area (Å²) in [5.74, 6) is 0.758. The number of thioether (sulfide) groups is 1. The molecule has 1 amide bonds. The number of phenols is 1. The molecule has 172 valence electrons. The zero-order chi connectivity index (χ0) is 23.9. The minimum atomic E-state index is -0.248. The van der Waals surface area contributed by atoms with Gasteiger partial charge in [0, 0.05) is 15.7 Å². The summed E-state index contributed by atoms with van der Waals surface area (Å²) in [7, 11) is 0. The highest BCUT2D eigenvalue weighted by atomic mass is 79.9. The van der Waals surface area contributed by atoms with E-state index in [-0.39, 0.29) is 17.4 Å². The van der Waals surface area contributed by atoms with Crippen LogP contribution in [0.15, 0.2) is 93.6 Å². The Morgan fingerprint density at radius 2 is 1.74 bits per heavy atom. The molecule has 0 saturated carbocycles. The van der Waals surface area contributed by atoms with Gasteiger partial charge in [0.25, 0.3) is 5.91 Å². The van der Waals surface area contributed by atoms with Crippen molar-refractivity contribution in [3.63, 3.8) is 0 Å². The maximum atomic E-state index is 12.5. The molecule has 0 unspecified atom stereocenters. The Morgan fingerprint density at radius 1 is 1.03 bits per heavy atom. The first-order chi connectivity index (χ1) is 16.5. The molecule has 3 aromatic carbocycles. The topological polar surface area (TPSA) is 92.4 Å². The number of nitrogens with one attached hydrogen (secondary N) is 1. The first-order valence-corrected chi connectivity index (χ1v) is 12.4. The summed E-state index contributed by atoms with van der Waals surface area (Å²) in [5, 5.41) is 23.1. The van der Waals surface area contributed by atoms with E-state index in [0.717, 1.165) is 27.0 Å². The van der Waals surface area contributed by atoms with Crippen molar-refractivity contribution in [1.82, 2.24) is 20.2 Å². The van der Waals surface area contributed by atoms with E-state index < -0.39 is 0 Å². The second-order valence-corrected chi connectivity index (χ2v) is 9.12. The predicted octanol–water partition coefficient (Wildman–Crippen LogP) is 5.43. The van der Waals surface area contributed by atoms with Crippen molar-refractivity contribution in [3.8, 4) is 22.8 Å². The number of carbonyl (C=O) groups is 1. The summed E-state index contributed by atoms with van der Waals surface area (Å²) in [5.41, 5.74) is 6.02. The molecule has 0 aliphatic carbocycles. The number of amides is 1. The SMILES string of the molecule is CC/C(=N\NC(=O)CSc1nnc(-c2ccc(Br)cc2)n1-c1ccccc1)c1ccc(O)cc1. The van der Waals surface area contributed by atoms with Crippen LogP contribution in [0, 0.1) is 0 Å². The molecular weight excluding hydrogens is 514 g/mol. The van der Waals surface area contributed by atoms with Crippen molar-refractivity contribution in [3.05, 3.63) is 88.9 Å². The number of nitrogens with zero attached hydrogens (tertiary/aromatic N) is 4. The van der Waals surface area contributed by atoms with Crippen molar-refractivity contribution >= 4 is 39.3 Å². The molecule has 0 aliphatic rings. The van der Waals surface area contributed by atoms with Crippen LogP contribution in [0.3, 0.4) is 0 Å². The average Bonchev–Trinajstić information content (AvgIpc) is 3.29. The minimum Gasteiger partial charge on any atom is -0.508 e. The molecule has 4 rings (SSSR count). The molecule has 0 spiro atoms. The number of carbonyl (C=O) groups excluding carboxylic acids is 1. The summed E-state index contributed by atoms with van der Waals surface area (Å²) in [6.45, 7) is 1.96. The first kappa shape index (κ1) is 23.7. The standard InChI is InChI=1S/C25H22BrN5O2S/c1-2-22(17-10-14-21(32)15-11-17)27-28-23(33)16-34-25-30-29-24(18-8-12-19(26)13-9-18)31(25)20-6-4-3-5-7-20/h3-15,32H,2,16H2,1H3,(H,28,33)/b27-22+. The summed E-state index contributed by atoms with van der Waals surface area (Å²) < 4.78 is 2.92. The molecule has 4 aromatic rings. The summed E-state index contributed by atoms with van der Waals surface area (Å²) in [6.07, 6.45) is 0.636. The van der Waals surface area contributed by atoms with Gasteiger partial charge in [0.1, 0.15) is 5.75 Å². The molecule has 2 N–H and O–H groups in total. The lowest BCUT2D eigenvalue weighted by atomic mass is 10.1. The molecule has 0 saturated heterocycles. The number of hydrazone groups is 1. The summed E-state index contributed by atoms with van der Waals surface area (Å²) >= 11 is 4.75. The zero-order valence-corrected chi connectivity index (χ0v) is 20.8. The number of hydrogen-bond donors (Lipinski definition) is 2. The molecule has 0 atom stereocenters. The Balaban J connectivity index is 1.52. The molecule has 1 aromatic heterocycles. The van der Waals surface area contributed by atoms with Gasteiger partial charge >= 0.3 is 0 Å². The Labute approximate surface area is 210 Å². The van der Waals surface area contributed by atoms with Crippen LogP contribution in [0.2, 0.25) is 0 Å². The van der Waals surface area contributed by atoms with E-state index >= 15 is 0 Å². The monoisotopic (exact) mass is 535 g/mol. The summed E-state index contributed by atoms with van der Waals surface area (Å²) in [4.78, 5) is 12.5. The van der Waals surface area contributed by atoms with Gasteiger partial charge in [0.05, 0.1) is 11.5 Å². The van der Waals surface area contributed by atoms with E-state index in [1.807, 2.05) is 66.1 Å². The highest BCUT2D eigenvalue weighted by Crippen LogP contribution is 2.28. The fourth-order valence-corrected chi connectivity index (χ4v) is 4.26. The number of phenolic OH excluding ortho intramolecular Hbond substituents is 1. The lowest BCUT2D eigenvalue weighted by Gasteiger charge is -2.10. The Morgan fingerprint density at radius 3 is 2.41 bits per heavy atom. The zero-order valence-electron chi connectivity index (χ0n) is 18.4. The van der Waals surface area contributed by atoms with Crippen molar-refractivity contribution in [2.45, 2.75) is 18.5 Å². The second-order valence-electron chi connectivity index (χ2n) is 7.27. The van der Waals surface area contributed by atoms with Crippen LogP contribution < -0.4 is 5.43 Å². The third-order valence-electron chi connectivity index (χ3n) is 4.93. The van der Waals surface area contributed by atoms with Crippen LogP contribution >= 0.6 is 27.7 Å². The number of benzene rings is 3. The average molecular weight is 536 g/mol. The Bertz CT molecular complexity index is 1290. The van der Waals surface area contributed by atoms with Crippen LogP contribution in [0.1, 0.15) is 18.9 Å². The van der Waals surface area contributed by atoms with E-state index in [4.69, 9.17) is 0 Å². The maximum Gasteiger partial charge on any atom is 0.250 e. The van der Waals surface area contributed by atoms with Crippen molar-refractivity contribution in [2.24, 2.45) is 5.10 Å². The fourth-order valence-electron chi connectivity index (χ4n) is 3.25. The van der Waals surface area contributed by atoms with Crippen molar-refractivity contribution in [1.29, 1.82) is 0 Å². The molecule has 0 fully saturated rings. The number of rotatable bonds is 8. The largest absolute Gasteiger partial charge is 0.508 e. The van der Waals surface area contributed by atoms with Crippen molar-refractivity contribution < 1.29 is 9.90 Å². The first-order valence-electron chi connectivity index (χ1n) is 10.6. The second kappa shape index (κ2) is 11.1. The van der Waals surface area contributed by atoms with Gasteiger partial charge in [0.2, 0.25) is 0 Å². The third kappa shape index (κ3) is 5.73. The minimum absolute atomic E-state index is 0.126. The lowest BCUT2D eigenvalue weighted by Crippen LogP contribution is -2.22. The quantitative estimate of drug-likeness (QED) is 0.178. The molecule has 0 bridgehead atoms. The van der Waals surface area contributed by atoms with Gasteiger partial charge in [0.15, 0.2) is 11.0 Å². The molecular formula is C25H22BrN5O2S. The van der Waals surface area contributed by atoms with E-state index in [1.165, 1.54) is 11.8 Å². The molecule has 0 radical (unpaired) electrons. The lowest BCUT2D eigenvalue weighted by molar-refractivity contribution is -0.118. The third-order valence-corrected chi connectivity index (χ3v) is 6.39. The highest BCUT2D eigenvalue weighted by Gasteiger charge is 2.17. The number of para-hydroxylation sites is 1. The predicted molar refractivity (Wildman–Crippen MR) is 138 cm³/mol. The molecule has 34 heavy (non-hydrogen) atoms. The number of halogens is 1. The van der Waals surface area contributed by atoms with Gasteiger partial charge in [-0.05, 0) is 60.5 Å². The van der Waals surface area contributed by atoms with Crippen LogP contribution in [0.5, 0.6) is 5.75 Å². The molecule has 7 nitrogen and oxygen atoms in total. The number of hydrogen-bond acceptors (Lipinski definition) is 6. The smallest absolute Gasteiger partial charge is 0.250 e. The van der Waals surface area contributed by atoms with Crippen molar-refractivity contribution in [2.75, 3.05) is 5.75 Å². The van der Waals surface area contributed by atoms with E-state index in [9.17, 15) is 9.90 Å². The van der Waals surface area contributed by atoms with Gasteiger partial charge in [-0.25, -0.2) is 5.43 Å². The van der Waals surface area contributed by atoms with Crippen LogP contribution in [0.4, 0.5) is 0 Å². The van der Waals surface area contributed by atoms with Crippen LogP contribution in [-0.4, -0.2) is 37.2 Å². The van der Waals surface area contributed by atoms with E-state index in [1.54, 1.807) is 24.3 Å². The van der Waals surface area contributed by atoms with Crippen LogP contribution in [0.25, 0.3) is 17.1 Å². The molecule has 9 heteroatoms. The maximum absolute atomic E-state index is 12.5. The highest BCUT2D eigenvalue weighted by molar-refractivity contribution is 9.10. The molecule has 1 heterocycles. The fraction of sp³-hybridized carbons (Fsp3) is 0.120. The Kier molecular flexibility index (Phi) is 7.76. The van der Waals surface area contributed by atoms with E-state index in [0.29, 0.717) is 17.4 Å². The van der Waals surface area contributed by atoms with E-state index in [2.05, 4.69) is 36.7 Å².